The number of nitrogens with zero attached hydrogens (tertiary/aromatic N) is 1. The maximum atomic E-state index is 14.1. The molecule has 2 heterocycles. The molecule has 0 radical (unpaired) electrons. The standard InChI is InChI=1S/C11H14BrFN2O3/c1-3-7-5(2)8(13)10(18-7)15-4-6(12)9(16)14-11(15)17/h4-5,7-8,10H,3H2,1-2H3,(H,14,16,17). The van der Waals surface area contributed by atoms with Crippen LogP contribution in [0.3, 0.4) is 0 Å². The molecular weight excluding hydrogens is 307 g/mol. The fourth-order valence-corrected chi connectivity index (χ4v) is 2.50. The number of halogens is 2. The molecular formula is C11H14BrFN2O3. The molecule has 2 rings (SSSR count). The average Bonchev–Trinajstić information content (AvgIpc) is 2.61. The molecule has 5 nitrogen and oxygen atoms in total. The summed E-state index contributed by atoms with van der Waals surface area (Å²) < 4.78 is 20.9. The quantitative estimate of drug-likeness (QED) is 0.899. The molecule has 0 aliphatic carbocycles. The van der Waals surface area contributed by atoms with Crippen LogP contribution in [0, 0.1) is 5.92 Å². The van der Waals surface area contributed by atoms with E-state index in [1.54, 1.807) is 6.92 Å². The zero-order valence-electron chi connectivity index (χ0n) is 10.0. The van der Waals surface area contributed by atoms with Gasteiger partial charge in [-0.05, 0) is 22.4 Å². The van der Waals surface area contributed by atoms with Crippen molar-refractivity contribution < 1.29 is 9.13 Å². The summed E-state index contributed by atoms with van der Waals surface area (Å²) >= 11 is 3.01. The van der Waals surface area contributed by atoms with Crippen molar-refractivity contribution in [2.75, 3.05) is 0 Å². The Labute approximate surface area is 111 Å². The van der Waals surface area contributed by atoms with E-state index in [9.17, 15) is 14.0 Å². The smallest absolute Gasteiger partial charge is 0.330 e. The minimum atomic E-state index is -1.27. The van der Waals surface area contributed by atoms with E-state index in [4.69, 9.17) is 4.74 Å². The summed E-state index contributed by atoms with van der Waals surface area (Å²) in [6.07, 6.45) is -0.528. The number of ether oxygens (including phenoxy) is 1. The number of alkyl halides is 1. The van der Waals surface area contributed by atoms with Crippen LogP contribution in [-0.2, 0) is 4.74 Å². The fourth-order valence-electron chi connectivity index (χ4n) is 2.18. The summed E-state index contributed by atoms with van der Waals surface area (Å²) in [6, 6.07) is 0. The molecule has 0 saturated carbocycles. The SMILES string of the molecule is CCC1OC(n2cc(Br)c(=O)[nH]c2=O)C(F)C1C. The summed E-state index contributed by atoms with van der Waals surface area (Å²) in [5.74, 6) is -0.280. The second kappa shape index (κ2) is 4.97. The van der Waals surface area contributed by atoms with Gasteiger partial charge in [-0.2, -0.15) is 0 Å². The molecule has 0 spiro atoms. The van der Waals surface area contributed by atoms with Gasteiger partial charge in [-0.1, -0.05) is 13.8 Å². The van der Waals surface area contributed by atoms with Crippen LogP contribution in [0.5, 0.6) is 0 Å². The van der Waals surface area contributed by atoms with Gasteiger partial charge >= 0.3 is 5.69 Å². The van der Waals surface area contributed by atoms with Crippen LogP contribution in [0.15, 0.2) is 20.3 Å². The molecule has 1 N–H and O–H groups in total. The predicted octanol–water partition coefficient (Wildman–Crippen LogP) is 1.58. The Kier molecular flexibility index (Phi) is 3.72. The van der Waals surface area contributed by atoms with Crippen LogP contribution in [0.25, 0.3) is 0 Å². The van der Waals surface area contributed by atoms with Gasteiger partial charge in [-0.25, -0.2) is 9.18 Å². The predicted molar refractivity (Wildman–Crippen MR) is 67.3 cm³/mol. The highest BCUT2D eigenvalue weighted by Gasteiger charge is 2.42. The summed E-state index contributed by atoms with van der Waals surface area (Å²) in [4.78, 5) is 25.0. The lowest BCUT2D eigenvalue weighted by Crippen LogP contribution is -2.35. The second-order valence-electron chi connectivity index (χ2n) is 4.42. The molecule has 1 fully saturated rings. The molecule has 1 aliphatic rings. The summed E-state index contributed by atoms with van der Waals surface area (Å²) in [6.45, 7) is 3.66. The average molecular weight is 321 g/mol. The van der Waals surface area contributed by atoms with E-state index in [0.717, 1.165) is 4.57 Å². The zero-order valence-corrected chi connectivity index (χ0v) is 11.6. The number of hydrogen-bond donors (Lipinski definition) is 1. The van der Waals surface area contributed by atoms with Gasteiger partial charge in [0.1, 0.15) is 0 Å². The van der Waals surface area contributed by atoms with Gasteiger partial charge in [0, 0.05) is 12.1 Å². The van der Waals surface area contributed by atoms with Crippen molar-refractivity contribution in [1.29, 1.82) is 0 Å². The third-order valence-electron chi connectivity index (χ3n) is 3.28. The number of aromatic amines is 1. The van der Waals surface area contributed by atoms with Crippen LogP contribution in [-0.4, -0.2) is 21.8 Å². The lowest BCUT2D eigenvalue weighted by Gasteiger charge is -2.16. The Balaban J connectivity index is 2.42. The molecule has 18 heavy (non-hydrogen) atoms. The van der Waals surface area contributed by atoms with E-state index in [1.807, 2.05) is 6.92 Å². The first-order valence-electron chi connectivity index (χ1n) is 5.76. The van der Waals surface area contributed by atoms with Gasteiger partial charge in [0.2, 0.25) is 0 Å². The van der Waals surface area contributed by atoms with Gasteiger partial charge in [-0.15, -0.1) is 0 Å². The van der Waals surface area contributed by atoms with Gasteiger partial charge in [0.15, 0.2) is 12.4 Å². The molecule has 4 atom stereocenters. The molecule has 100 valence electrons. The topological polar surface area (TPSA) is 64.1 Å². The second-order valence-corrected chi connectivity index (χ2v) is 5.27. The molecule has 4 unspecified atom stereocenters. The summed E-state index contributed by atoms with van der Waals surface area (Å²) in [7, 11) is 0. The van der Waals surface area contributed by atoms with Crippen LogP contribution in [0.2, 0.25) is 0 Å². The molecule has 0 amide bonds. The first-order chi connectivity index (χ1) is 8.45. The number of rotatable bonds is 2. The van der Waals surface area contributed by atoms with Crippen LogP contribution in [0.4, 0.5) is 4.39 Å². The van der Waals surface area contributed by atoms with E-state index >= 15 is 0 Å². The maximum absolute atomic E-state index is 14.1. The van der Waals surface area contributed by atoms with Crippen molar-refractivity contribution in [3.8, 4) is 0 Å². The lowest BCUT2D eigenvalue weighted by molar-refractivity contribution is -0.0237. The minimum Gasteiger partial charge on any atom is -0.351 e. The van der Waals surface area contributed by atoms with Gasteiger partial charge in [-0.3, -0.25) is 14.3 Å². The summed E-state index contributed by atoms with van der Waals surface area (Å²) in [5, 5.41) is 0. The zero-order chi connectivity index (χ0) is 13.4. The number of nitrogens with one attached hydrogen (secondary N) is 1. The highest BCUT2D eigenvalue weighted by atomic mass is 79.9. The van der Waals surface area contributed by atoms with Crippen molar-refractivity contribution in [2.45, 2.75) is 38.8 Å². The minimum absolute atomic E-state index is 0.172. The molecule has 1 aliphatic heterocycles. The van der Waals surface area contributed by atoms with Gasteiger partial charge in [0.05, 0.1) is 10.6 Å². The number of hydrogen-bond acceptors (Lipinski definition) is 3. The van der Waals surface area contributed by atoms with E-state index in [0.29, 0.717) is 6.42 Å². The maximum Gasteiger partial charge on any atom is 0.330 e. The third kappa shape index (κ3) is 2.16. The number of H-pyrrole nitrogens is 1. The Bertz CT molecular complexity index is 556. The van der Waals surface area contributed by atoms with Crippen LogP contribution < -0.4 is 11.2 Å². The Morgan fingerprint density at radius 1 is 1.56 bits per heavy atom. The van der Waals surface area contributed by atoms with Gasteiger partial charge in [0.25, 0.3) is 5.56 Å². The van der Waals surface area contributed by atoms with Crippen molar-refractivity contribution in [1.82, 2.24) is 9.55 Å². The Hall–Kier alpha value is -0.950. The van der Waals surface area contributed by atoms with Crippen LogP contribution in [0.1, 0.15) is 26.5 Å². The molecule has 1 saturated heterocycles. The van der Waals surface area contributed by atoms with Crippen molar-refractivity contribution >= 4 is 15.9 Å². The monoisotopic (exact) mass is 320 g/mol. The Morgan fingerprint density at radius 2 is 2.22 bits per heavy atom. The largest absolute Gasteiger partial charge is 0.351 e. The first kappa shape index (κ1) is 13.5. The molecule has 7 heteroatoms. The molecule has 0 bridgehead atoms. The summed E-state index contributed by atoms with van der Waals surface area (Å²) in [5.41, 5.74) is -1.20. The van der Waals surface area contributed by atoms with Crippen molar-refractivity contribution in [2.24, 2.45) is 5.92 Å². The highest BCUT2D eigenvalue weighted by Crippen LogP contribution is 2.36. The van der Waals surface area contributed by atoms with E-state index < -0.39 is 23.6 Å². The Morgan fingerprint density at radius 3 is 2.78 bits per heavy atom. The van der Waals surface area contributed by atoms with E-state index in [1.165, 1.54) is 6.20 Å². The first-order valence-corrected chi connectivity index (χ1v) is 6.55. The van der Waals surface area contributed by atoms with Gasteiger partial charge < -0.3 is 4.74 Å². The van der Waals surface area contributed by atoms with E-state index in [2.05, 4.69) is 20.9 Å². The van der Waals surface area contributed by atoms with Crippen molar-refractivity contribution in [3.05, 3.63) is 31.5 Å². The molecule has 1 aromatic rings. The van der Waals surface area contributed by atoms with Crippen molar-refractivity contribution in [3.63, 3.8) is 0 Å². The van der Waals surface area contributed by atoms with E-state index in [-0.39, 0.29) is 16.5 Å². The molecule has 0 aromatic carbocycles. The van der Waals surface area contributed by atoms with Crippen LogP contribution >= 0.6 is 15.9 Å². The third-order valence-corrected chi connectivity index (χ3v) is 3.84. The lowest BCUT2D eigenvalue weighted by atomic mass is 10.00. The highest BCUT2D eigenvalue weighted by molar-refractivity contribution is 9.10. The fraction of sp³-hybridized carbons (Fsp3) is 0.636. The normalized spacial score (nSPS) is 31.8. The number of aromatic nitrogens is 2. The molecule has 1 aromatic heterocycles.